The van der Waals surface area contributed by atoms with Crippen molar-refractivity contribution in [2.24, 2.45) is 5.73 Å². The summed E-state index contributed by atoms with van der Waals surface area (Å²) in [5.41, 5.74) is 7.86. The minimum Gasteiger partial charge on any atom is -0.493 e. The highest BCUT2D eigenvalue weighted by atomic mass is 32.2. The summed E-state index contributed by atoms with van der Waals surface area (Å²) < 4.78 is 5.57. The lowest BCUT2D eigenvalue weighted by molar-refractivity contribution is -0.917. The Kier molecular flexibility index (Phi) is 6.84. The first-order chi connectivity index (χ1) is 13.1. The number of quaternary nitrogens is 1. The molecule has 27 heavy (non-hydrogen) atoms. The number of nitrogens with one attached hydrogen (secondary N) is 2. The Hall–Kier alpha value is -1.93. The molecule has 0 spiro atoms. The van der Waals surface area contributed by atoms with Crippen LogP contribution in [0.25, 0.3) is 0 Å². The van der Waals surface area contributed by atoms with Gasteiger partial charge in [0.2, 0.25) is 5.91 Å². The number of fused-ring (bicyclic) bond motifs is 1. The molecule has 8 heteroatoms. The normalized spacial score (nSPS) is 17.9. The first-order valence-corrected chi connectivity index (χ1v) is 10.9. The predicted octanol–water partition coefficient (Wildman–Crippen LogP) is -0.361. The van der Waals surface area contributed by atoms with E-state index in [4.69, 9.17) is 10.5 Å². The summed E-state index contributed by atoms with van der Waals surface area (Å²) in [7, 11) is 0. The zero-order valence-electron chi connectivity index (χ0n) is 15.8. The fourth-order valence-corrected chi connectivity index (χ4v) is 4.22. The molecular weight excluding hydrogens is 364 g/mol. The van der Waals surface area contributed by atoms with Crippen molar-refractivity contribution in [1.82, 2.24) is 10.2 Å². The Morgan fingerprint density at radius 1 is 1.37 bits per heavy atom. The molecule has 0 unspecified atom stereocenters. The van der Waals surface area contributed by atoms with Crippen molar-refractivity contribution < 1.29 is 19.2 Å². The fraction of sp³-hybridized carbons (Fsp3) is 0.579. The van der Waals surface area contributed by atoms with Crippen LogP contribution in [0.2, 0.25) is 0 Å². The number of nitrogens with two attached hydrogens (primary N) is 1. The van der Waals surface area contributed by atoms with Crippen molar-refractivity contribution in [3.05, 3.63) is 29.3 Å². The van der Waals surface area contributed by atoms with Crippen molar-refractivity contribution in [2.75, 3.05) is 44.8 Å². The number of thioether (sulfide) groups is 1. The SMILES string of the molecule is CSCC[C@H](NC(N)=O)C(=O)N1CC[NH+](Cc2ccc3c(c2)CCO3)CC1. The van der Waals surface area contributed by atoms with E-state index >= 15 is 0 Å². The molecule has 2 aliphatic rings. The van der Waals surface area contributed by atoms with Crippen molar-refractivity contribution in [2.45, 2.75) is 25.4 Å². The highest BCUT2D eigenvalue weighted by Crippen LogP contribution is 2.25. The third-order valence-corrected chi connectivity index (χ3v) is 5.86. The van der Waals surface area contributed by atoms with E-state index in [1.165, 1.54) is 16.0 Å². The van der Waals surface area contributed by atoms with E-state index in [0.717, 1.165) is 44.2 Å². The second kappa shape index (κ2) is 9.32. The Labute approximate surface area is 164 Å². The number of nitrogens with zero attached hydrogens (tertiary/aromatic N) is 1. The van der Waals surface area contributed by atoms with Crippen LogP contribution in [-0.4, -0.2) is 67.7 Å². The van der Waals surface area contributed by atoms with Gasteiger partial charge in [-0.15, -0.1) is 0 Å². The molecule has 1 atom stereocenters. The Bertz CT molecular complexity index is 677. The van der Waals surface area contributed by atoms with Crippen LogP contribution < -0.4 is 20.7 Å². The van der Waals surface area contributed by atoms with Crippen LogP contribution >= 0.6 is 11.8 Å². The van der Waals surface area contributed by atoms with Gasteiger partial charge >= 0.3 is 6.03 Å². The van der Waals surface area contributed by atoms with E-state index in [1.54, 1.807) is 11.8 Å². The molecule has 148 valence electrons. The van der Waals surface area contributed by atoms with Crippen LogP contribution in [0.4, 0.5) is 4.79 Å². The minimum absolute atomic E-state index is 0.0171. The number of primary amides is 1. The Balaban J connectivity index is 1.51. The quantitative estimate of drug-likeness (QED) is 0.590. The molecule has 0 bridgehead atoms. The van der Waals surface area contributed by atoms with Crippen molar-refractivity contribution >= 4 is 23.7 Å². The van der Waals surface area contributed by atoms with Gasteiger partial charge in [0.05, 0.1) is 32.8 Å². The molecule has 1 aromatic rings. The van der Waals surface area contributed by atoms with Crippen LogP contribution in [0.3, 0.4) is 0 Å². The largest absolute Gasteiger partial charge is 0.493 e. The monoisotopic (exact) mass is 393 g/mol. The minimum atomic E-state index is -0.640. The number of amides is 3. The first kappa shape index (κ1) is 19.8. The topological polar surface area (TPSA) is 89.1 Å². The number of carbonyl (C=O) groups excluding carboxylic acids is 2. The summed E-state index contributed by atoms with van der Waals surface area (Å²) >= 11 is 1.66. The molecule has 3 rings (SSSR count). The van der Waals surface area contributed by atoms with Crippen LogP contribution in [0.5, 0.6) is 5.75 Å². The maximum Gasteiger partial charge on any atom is 0.312 e. The molecule has 1 saturated heterocycles. The summed E-state index contributed by atoms with van der Waals surface area (Å²) in [6.45, 7) is 4.97. The lowest BCUT2D eigenvalue weighted by Gasteiger charge is -2.34. The summed E-state index contributed by atoms with van der Waals surface area (Å²) in [4.78, 5) is 27.3. The van der Waals surface area contributed by atoms with E-state index < -0.39 is 12.1 Å². The van der Waals surface area contributed by atoms with Gasteiger partial charge in [-0.05, 0) is 42.2 Å². The molecule has 0 saturated carbocycles. The summed E-state index contributed by atoms with van der Waals surface area (Å²) in [5.74, 6) is 1.81. The van der Waals surface area contributed by atoms with Crippen LogP contribution in [0.1, 0.15) is 17.5 Å². The fourth-order valence-electron chi connectivity index (χ4n) is 3.74. The number of piperazine rings is 1. The lowest BCUT2D eigenvalue weighted by Crippen LogP contribution is -3.13. The molecule has 7 nitrogen and oxygen atoms in total. The van der Waals surface area contributed by atoms with E-state index in [9.17, 15) is 9.59 Å². The summed E-state index contributed by atoms with van der Waals surface area (Å²) in [5, 5.41) is 2.60. The molecular formula is C19H29N4O3S+. The van der Waals surface area contributed by atoms with E-state index in [-0.39, 0.29) is 5.91 Å². The maximum absolute atomic E-state index is 12.8. The average molecular weight is 394 g/mol. The van der Waals surface area contributed by atoms with Crippen molar-refractivity contribution in [3.8, 4) is 5.75 Å². The summed E-state index contributed by atoms with van der Waals surface area (Å²) in [6.07, 6.45) is 3.58. The maximum atomic E-state index is 12.8. The zero-order valence-corrected chi connectivity index (χ0v) is 16.6. The molecule has 0 aromatic heterocycles. The second-order valence-corrected chi connectivity index (χ2v) is 8.12. The highest BCUT2D eigenvalue weighted by Gasteiger charge is 2.29. The van der Waals surface area contributed by atoms with Crippen LogP contribution in [0.15, 0.2) is 18.2 Å². The Morgan fingerprint density at radius 3 is 2.85 bits per heavy atom. The third kappa shape index (κ3) is 5.29. The number of hydrogen-bond donors (Lipinski definition) is 3. The van der Waals surface area contributed by atoms with Crippen LogP contribution in [0, 0.1) is 0 Å². The molecule has 0 radical (unpaired) electrons. The number of benzene rings is 1. The van der Waals surface area contributed by atoms with Crippen molar-refractivity contribution in [1.29, 1.82) is 0 Å². The van der Waals surface area contributed by atoms with Gasteiger partial charge in [0.25, 0.3) is 0 Å². The first-order valence-electron chi connectivity index (χ1n) is 9.48. The standard InChI is InChI=1S/C19H28N4O3S/c1-27-11-5-16(21-19(20)25)18(24)23-8-6-22(7-9-23)13-14-2-3-17-15(12-14)4-10-26-17/h2-3,12,16H,4-11,13H2,1H3,(H3,20,21,25)/p+1/t16-/m0/s1. The molecule has 2 aliphatic heterocycles. The van der Waals surface area contributed by atoms with Gasteiger partial charge in [0.1, 0.15) is 18.3 Å². The molecule has 4 N–H and O–H groups in total. The number of hydrogen-bond acceptors (Lipinski definition) is 4. The predicted molar refractivity (Wildman–Crippen MR) is 106 cm³/mol. The van der Waals surface area contributed by atoms with Gasteiger partial charge in [-0.2, -0.15) is 11.8 Å². The van der Waals surface area contributed by atoms with Gasteiger partial charge < -0.3 is 25.6 Å². The smallest absolute Gasteiger partial charge is 0.312 e. The van der Waals surface area contributed by atoms with Gasteiger partial charge in [0, 0.05) is 12.0 Å². The molecule has 0 aliphatic carbocycles. The summed E-state index contributed by atoms with van der Waals surface area (Å²) in [6, 6.07) is 5.31. The number of carbonyl (C=O) groups is 2. The average Bonchev–Trinajstić information content (AvgIpc) is 3.13. The van der Waals surface area contributed by atoms with Gasteiger partial charge in [-0.1, -0.05) is 0 Å². The van der Waals surface area contributed by atoms with Gasteiger partial charge in [0.15, 0.2) is 0 Å². The molecule has 2 heterocycles. The lowest BCUT2D eigenvalue weighted by atomic mass is 10.1. The molecule has 1 aromatic carbocycles. The number of urea groups is 1. The molecule has 1 fully saturated rings. The third-order valence-electron chi connectivity index (χ3n) is 5.22. The zero-order chi connectivity index (χ0) is 19.2. The van der Waals surface area contributed by atoms with Gasteiger partial charge in [-0.25, -0.2) is 4.79 Å². The number of rotatable bonds is 7. The van der Waals surface area contributed by atoms with E-state index in [1.807, 2.05) is 11.2 Å². The van der Waals surface area contributed by atoms with Gasteiger partial charge in [-0.3, -0.25) is 4.79 Å². The second-order valence-electron chi connectivity index (χ2n) is 7.14. The van der Waals surface area contributed by atoms with Crippen molar-refractivity contribution in [3.63, 3.8) is 0 Å². The number of ether oxygens (including phenoxy) is 1. The highest BCUT2D eigenvalue weighted by molar-refractivity contribution is 7.98. The van der Waals surface area contributed by atoms with Crippen LogP contribution in [-0.2, 0) is 17.8 Å². The van der Waals surface area contributed by atoms with E-state index in [2.05, 4.69) is 23.5 Å². The Morgan fingerprint density at radius 2 is 2.15 bits per heavy atom. The van der Waals surface area contributed by atoms with E-state index in [0.29, 0.717) is 19.5 Å². The molecule has 3 amide bonds.